The summed E-state index contributed by atoms with van der Waals surface area (Å²) in [5.41, 5.74) is 0. The third kappa shape index (κ3) is 5.49. The van der Waals surface area contributed by atoms with Crippen LogP contribution in [0.2, 0.25) is 0 Å². The van der Waals surface area contributed by atoms with Crippen molar-refractivity contribution in [3.05, 3.63) is 0 Å². The number of unbranched alkanes of at least 4 members (excludes halogenated alkanes) is 2. The van der Waals surface area contributed by atoms with Gasteiger partial charge in [-0.25, -0.2) is 4.79 Å². The Morgan fingerprint density at radius 2 is 1.63 bits per heavy atom. The Hall–Kier alpha value is -1.26. The zero-order chi connectivity index (χ0) is 14.3. The van der Waals surface area contributed by atoms with E-state index < -0.39 is 5.97 Å². The van der Waals surface area contributed by atoms with Crippen molar-refractivity contribution in [2.24, 2.45) is 0 Å². The van der Waals surface area contributed by atoms with E-state index in [1.165, 1.54) is 4.90 Å². The lowest BCUT2D eigenvalue weighted by Crippen LogP contribution is -2.47. The predicted octanol–water partition coefficient (Wildman–Crippen LogP) is 2.56. The van der Waals surface area contributed by atoms with Crippen LogP contribution in [0.15, 0.2) is 0 Å². The maximum absolute atomic E-state index is 12.5. The van der Waals surface area contributed by atoms with E-state index in [1.54, 1.807) is 0 Å². The molecule has 1 fully saturated rings. The number of carbonyl (C=O) groups excluding carboxylic acids is 1. The number of amides is 2. The molecule has 0 radical (unpaired) electrons. The van der Waals surface area contributed by atoms with Crippen molar-refractivity contribution in [2.45, 2.75) is 58.4 Å². The molecule has 0 saturated heterocycles. The highest BCUT2D eigenvalue weighted by Crippen LogP contribution is 2.27. The Morgan fingerprint density at radius 1 is 1.11 bits per heavy atom. The van der Waals surface area contributed by atoms with Crippen LogP contribution in [0.1, 0.15) is 52.4 Å². The summed E-state index contributed by atoms with van der Waals surface area (Å²) >= 11 is 0. The number of urea groups is 1. The number of nitrogens with zero attached hydrogens (tertiary/aromatic N) is 2. The van der Waals surface area contributed by atoms with Gasteiger partial charge in [-0.3, -0.25) is 4.79 Å². The summed E-state index contributed by atoms with van der Waals surface area (Å²) in [6, 6.07) is 0.0566. The van der Waals surface area contributed by atoms with Crippen LogP contribution in [0.5, 0.6) is 0 Å². The summed E-state index contributed by atoms with van der Waals surface area (Å²) in [6.45, 7) is 5.49. The third-order valence-corrected chi connectivity index (χ3v) is 3.37. The van der Waals surface area contributed by atoms with Gasteiger partial charge in [0.25, 0.3) is 0 Å². The van der Waals surface area contributed by atoms with E-state index in [4.69, 9.17) is 5.11 Å². The van der Waals surface area contributed by atoms with E-state index in [1.807, 2.05) is 4.90 Å². The first-order valence-electron chi connectivity index (χ1n) is 7.37. The Labute approximate surface area is 115 Å². The fourth-order valence-electron chi connectivity index (χ4n) is 2.07. The van der Waals surface area contributed by atoms with Crippen LogP contribution in [0.3, 0.4) is 0 Å². The number of carboxylic acid groups (broad SMARTS) is 1. The fraction of sp³-hybridized carbons (Fsp3) is 0.857. The van der Waals surface area contributed by atoms with E-state index >= 15 is 0 Å². The van der Waals surface area contributed by atoms with Crippen LogP contribution in [-0.2, 0) is 4.79 Å². The maximum Gasteiger partial charge on any atom is 0.323 e. The van der Waals surface area contributed by atoms with Crippen molar-refractivity contribution in [3.8, 4) is 0 Å². The summed E-state index contributed by atoms with van der Waals surface area (Å²) in [7, 11) is 0. The first-order valence-corrected chi connectivity index (χ1v) is 7.37. The van der Waals surface area contributed by atoms with Gasteiger partial charge >= 0.3 is 12.0 Å². The quantitative estimate of drug-likeness (QED) is 0.700. The maximum atomic E-state index is 12.5. The van der Waals surface area contributed by atoms with Crippen molar-refractivity contribution >= 4 is 12.0 Å². The number of carboxylic acids is 1. The van der Waals surface area contributed by atoms with E-state index in [0.29, 0.717) is 0 Å². The summed E-state index contributed by atoms with van der Waals surface area (Å²) in [5, 5.41) is 8.93. The average Bonchev–Trinajstić information content (AvgIpc) is 3.19. The third-order valence-electron chi connectivity index (χ3n) is 3.37. The Kier molecular flexibility index (Phi) is 6.67. The van der Waals surface area contributed by atoms with Gasteiger partial charge in [-0.1, -0.05) is 26.7 Å². The van der Waals surface area contributed by atoms with Crippen LogP contribution in [0, 0.1) is 0 Å². The molecule has 0 aliphatic heterocycles. The molecular weight excluding hydrogens is 244 g/mol. The highest BCUT2D eigenvalue weighted by Gasteiger charge is 2.35. The molecule has 2 amide bonds. The number of rotatable bonds is 9. The normalized spacial score (nSPS) is 14.2. The second kappa shape index (κ2) is 8.02. The summed E-state index contributed by atoms with van der Waals surface area (Å²) < 4.78 is 0. The molecule has 1 aliphatic rings. The van der Waals surface area contributed by atoms with Gasteiger partial charge in [0.2, 0.25) is 0 Å². The second-order valence-electron chi connectivity index (χ2n) is 5.23. The topological polar surface area (TPSA) is 60.9 Å². The number of aliphatic carboxylic acids is 1. The van der Waals surface area contributed by atoms with Crippen LogP contribution >= 0.6 is 0 Å². The van der Waals surface area contributed by atoms with Gasteiger partial charge in [0.1, 0.15) is 6.54 Å². The van der Waals surface area contributed by atoms with Crippen molar-refractivity contribution < 1.29 is 14.7 Å². The highest BCUT2D eigenvalue weighted by molar-refractivity contribution is 5.80. The van der Waals surface area contributed by atoms with E-state index in [2.05, 4.69) is 13.8 Å². The van der Waals surface area contributed by atoms with Gasteiger partial charge in [0.05, 0.1) is 0 Å². The van der Waals surface area contributed by atoms with Crippen LogP contribution < -0.4 is 0 Å². The number of hydrogen-bond donors (Lipinski definition) is 1. The van der Waals surface area contributed by atoms with Gasteiger partial charge in [-0.15, -0.1) is 0 Å². The monoisotopic (exact) mass is 270 g/mol. The average molecular weight is 270 g/mol. The minimum atomic E-state index is -0.925. The smallest absolute Gasteiger partial charge is 0.323 e. The molecule has 5 nitrogen and oxygen atoms in total. The molecule has 1 N–H and O–H groups in total. The Bertz CT molecular complexity index is 295. The van der Waals surface area contributed by atoms with Gasteiger partial charge in [0.15, 0.2) is 0 Å². The lowest BCUT2D eigenvalue weighted by Gasteiger charge is -2.30. The molecule has 5 heteroatoms. The van der Waals surface area contributed by atoms with Crippen molar-refractivity contribution in [3.63, 3.8) is 0 Å². The number of carbonyl (C=O) groups is 2. The van der Waals surface area contributed by atoms with Gasteiger partial charge < -0.3 is 14.9 Å². The highest BCUT2D eigenvalue weighted by atomic mass is 16.4. The van der Waals surface area contributed by atoms with Gasteiger partial charge in [-0.2, -0.15) is 0 Å². The largest absolute Gasteiger partial charge is 0.480 e. The Balaban J connectivity index is 2.61. The number of hydrogen-bond acceptors (Lipinski definition) is 2. The molecule has 1 saturated carbocycles. The molecule has 0 aromatic rings. The minimum Gasteiger partial charge on any atom is -0.480 e. The van der Waals surface area contributed by atoms with E-state index in [0.717, 1.165) is 51.6 Å². The first-order chi connectivity index (χ1) is 9.10. The zero-order valence-corrected chi connectivity index (χ0v) is 12.1. The van der Waals surface area contributed by atoms with E-state index in [-0.39, 0.29) is 18.6 Å². The standard InChI is InChI=1S/C14H26N2O3/c1-3-5-9-15(10-6-4-2)14(19)16(11-13(17)18)12-7-8-12/h12H,3-11H2,1-2H3,(H,17,18). The SMILES string of the molecule is CCCCN(CCCC)C(=O)N(CC(=O)O)C1CC1. The molecule has 110 valence electrons. The van der Waals surface area contributed by atoms with Crippen LogP contribution in [0.25, 0.3) is 0 Å². The molecule has 0 unspecified atom stereocenters. The molecule has 0 spiro atoms. The minimum absolute atomic E-state index is 0.0909. The molecule has 0 atom stereocenters. The van der Waals surface area contributed by atoms with Crippen LogP contribution in [-0.4, -0.2) is 52.6 Å². The lowest BCUT2D eigenvalue weighted by atomic mass is 10.2. The van der Waals surface area contributed by atoms with Gasteiger partial charge in [0, 0.05) is 19.1 Å². The summed E-state index contributed by atoms with van der Waals surface area (Å²) in [5.74, 6) is -0.925. The lowest BCUT2D eigenvalue weighted by molar-refractivity contribution is -0.137. The molecule has 19 heavy (non-hydrogen) atoms. The van der Waals surface area contributed by atoms with E-state index in [9.17, 15) is 9.59 Å². The summed E-state index contributed by atoms with van der Waals surface area (Å²) in [6.07, 6.45) is 5.90. The second-order valence-corrected chi connectivity index (χ2v) is 5.23. The molecule has 1 rings (SSSR count). The predicted molar refractivity (Wildman–Crippen MR) is 74.1 cm³/mol. The molecule has 0 heterocycles. The molecule has 0 aromatic heterocycles. The Morgan fingerprint density at radius 3 is 2.00 bits per heavy atom. The van der Waals surface area contributed by atoms with Crippen molar-refractivity contribution in [2.75, 3.05) is 19.6 Å². The fourth-order valence-corrected chi connectivity index (χ4v) is 2.07. The molecule has 0 aromatic carbocycles. The molecular formula is C14H26N2O3. The van der Waals surface area contributed by atoms with Gasteiger partial charge in [-0.05, 0) is 25.7 Å². The van der Waals surface area contributed by atoms with Crippen molar-refractivity contribution in [1.82, 2.24) is 9.80 Å². The first kappa shape index (κ1) is 15.8. The molecule has 1 aliphatic carbocycles. The zero-order valence-electron chi connectivity index (χ0n) is 12.1. The summed E-state index contributed by atoms with van der Waals surface area (Å²) in [4.78, 5) is 26.7. The molecule has 0 bridgehead atoms. The van der Waals surface area contributed by atoms with Crippen molar-refractivity contribution in [1.29, 1.82) is 0 Å². The van der Waals surface area contributed by atoms with Crippen LogP contribution in [0.4, 0.5) is 4.79 Å².